The lowest BCUT2D eigenvalue weighted by atomic mass is 9.90. The van der Waals surface area contributed by atoms with Gasteiger partial charge < -0.3 is 5.32 Å². The number of carbonyl (C=O) groups excluding carboxylic acids is 1. The first-order valence-corrected chi connectivity index (χ1v) is 10.9. The van der Waals surface area contributed by atoms with Crippen LogP contribution in [0.25, 0.3) is 0 Å². The summed E-state index contributed by atoms with van der Waals surface area (Å²) >= 11 is 0. The number of nitrogens with one attached hydrogen (secondary N) is 2. The van der Waals surface area contributed by atoms with Crippen LogP contribution in [0.3, 0.4) is 0 Å². The van der Waals surface area contributed by atoms with Gasteiger partial charge in [0.1, 0.15) is 0 Å². The number of alkyl halides is 3. The summed E-state index contributed by atoms with van der Waals surface area (Å²) in [7, 11) is 0. The second-order valence-corrected chi connectivity index (χ2v) is 9.37. The van der Waals surface area contributed by atoms with Crippen molar-refractivity contribution in [2.75, 3.05) is 5.32 Å². The highest BCUT2D eigenvalue weighted by Crippen LogP contribution is 2.41. The molecule has 33 heavy (non-hydrogen) atoms. The van der Waals surface area contributed by atoms with Gasteiger partial charge in [-0.25, -0.2) is 0 Å². The lowest BCUT2D eigenvalue weighted by molar-refractivity contribution is -0.137. The van der Waals surface area contributed by atoms with Crippen LogP contribution >= 0.6 is 0 Å². The van der Waals surface area contributed by atoms with Crippen molar-refractivity contribution in [2.24, 2.45) is 0 Å². The molecule has 174 valence electrons. The summed E-state index contributed by atoms with van der Waals surface area (Å²) in [4.78, 5) is 13.0. The largest absolute Gasteiger partial charge is 0.416 e. The highest BCUT2D eigenvalue weighted by atomic mass is 19.4. The first kappa shape index (κ1) is 23.0. The van der Waals surface area contributed by atoms with Crippen LogP contribution in [0.15, 0.2) is 66.9 Å². The molecule has 1 saturated heterocycles. The number of para-hydroxylation sites is 1. The van der Waals surface area contributed by atoms with Crippen molar-refractivity contribution in [3.05, 3.63) is 83.7 Å². The summed E-state index contributed by atoms with van der Waals surface area (Å²) in [5.41, 5.74) is 1.27. The van der Waals surface area contributed by atoms with Crippen LogP contribution in [0.5, 0.6) is 0 Å². The van der Waals surface area contributed by atoms with E-state index in [1.54, 1.807) is 0 Å². The van der Waals surface area contributed by atoms with Gasteiger partial charge >= 0.3 is 6.18 Å². The smallest absolute Gasteiger partial charge is 0.325 e. The number of amides is 1. The zero-order valence-corrected chi connectivity index (χ0v) is 18.7. The van der Waals surface area contributed by atoms with Gasteiger partial charge in [0.05, 0.1) is 22.8 Å². The Morgan fingerprint density at radius 2 is 1.70 bits per heavy atom. The van der Waals surface area contributed by atoms with Crippen LogP contribution in [0.2, 0.25) is 0 Å². The SMILES string of the molecule is CC(C)(C)n1ccc([C@H]2C[C@@H](C(=O)Nc3ccccc3)N[C@H]2c2ccc(C(F)(F)F)cc2)n1. The van der Waals surface area contributed by atoms with E-state index in [-0.39, 0.29) is 23.4 Å². The molecule has 0 saturated carbocycles. The normalized spacial score (nSPS) is 21.2. The zero-order chi connectivity index (χ0) is 23.8. The monoisotopic (exact) mass is 456 g/mol. The molecule has 0 radical (unpaired) electrons. The highest BCUT2D eigenvalue weighted by molar-refractivity contribution is 5.95. The quantitative estimate of drug-likeness (QED) is 0.546. The van der Waals surface area contributed by atoms with Crippen molar-refractivity contribution < 1.29 is 18.0 Å². The van der Waals surface area contributed by atoms with Crippen LogP contribution in [0.4, 0.5) is 18.9 Å². The molecule has 1 fully saturated rings. The lowest BCUT2D eigenvalue weighted by Gasteiger charge is -2.21. The minimum absolute atomic E-state index is 0.170. The van der Waals surface area contributed by atoms with E-state index in [4.69, 9.17) is 5.10 Å². The molecule has 2 heterocycles. The summed E-state index contributed by atoms with van der Waals surface area (Å²) in [6.07, 6.45) is -2.02. The van der Waals surface area contributed by atoms with Crippen molar-refractivity contribution in [1.29, 1.82) is 0 Å². The minimum Gasteiger partial charge on any atom is -0.325 e. The third kappa shape index (κ3) is 5.11. The van der Waals surface area contributed by atoms with Gasteiger partial charge in [-0.3, -0.25) is 14.8 Å². The minimum atomic E-state index is -4.40. The molecule has 3 atom stereocenters. The fourth-order valence-electron chi connectivity index (χ4n) is 4.13. The molecular formula is C25H27F3N4O. The summed E-state index contributed by atoms with van der Waals surface area (Å²) < 4.78 is 41.0. The maximum absolute atomic E-state index is 13.0. The lowest BCUT2D eigenvalue weighted by Crippen LogP contribution is -2.36. The Balaban J connectivity index is 1.62. The average Bonchev–Trinajstić information content (AvgIpc) is 3.41. The topological polar surface area (TPSA) is 59.0 Å². The molecule has 5 nitrogen and oxygen atoms in total. The molecule has 1 aromatic heterocycles. The number of hydrogen-bond donors (Lipinski definition) is 2. The van der Waals surface area contributed by atoms with Crippen molar-refractivity contribution in [1.82, 2.24) is 15.1 Å². The maximum Gasteiger partial charge on any atom is 0.416 e. The van der Waals surface area contributed by atoms with Gasteiger partial charge in [0.25, 0.3) is 0 Å². The summed E-state index contributed by atoms with van der Waals surface area (Å²) in [5.74, 6) is -0.354. The molecule has 2 N–H and O–H groups in total. The Morgan fingerprint density at radius 3 is 2.27 bits per heavy atom. The zero-order valence-electron chi connectivity index (χ0n) is 18.7. The standard InChI is InChI=1S/C25H27F3N4O/c1-24(2,3)32-14-13-20(31-32)19-15-21(23(33)29-18-7-5-4-6-8-18)30-22(19)16-9-11-17(12-10-16)25(26,27)28/h4-14,19,21-22,30H,15H2,1-3H3,(H,29,33)/t19-,21+,22+/m1/s1. The molecule has 4 rings (SSSR count). The van der Waals surface area contributed by atoms with Gasteiger partial charge in [-0.1, -0.05) is 30.3 Å². The van der Waals surface area contributed by atoms with Crippen molar-refractivity contribution >= 4 is 11.6 Å². The van der Waals surface area contributed by atoms with E-state index in [0.717, 1.165) is 17.8 Å². The summed E-state index contributed by atoms with van der Waals surface area (Å²) in [6.45, 7) is 6.13. The molecule has 1 aliphatic heterocycles. The number of benzene rings is 2. The van der Waals surface area contributed by atoms with Crippen LogP contribution in [0, 0.1) is 0 Å². The average molecular weight is 457 g/mol. The first-order valence-electron chi connectivity index (χ1n) is 10.9. The molecular weight excluding hydrogens is 429 g/mol. The predicted molar refractivity (Wildman–Crippen MR) is 121 cm³/mol. The number of aromatic nitrogens is 2. The number of carbonyl (C=O) groups is 1. The number of anilines is 1. The molecule has 1 amide bonds. The van der Waals surface area contributed by atoms with Crippen LogP contribution in [-0.4, -0.2) is 21.7 Å². The third-order valence-electron chi connectivity index (χ3n) is 5.90. The molecule has 0 bridgehead atoms. The van der Waals surface area contributed by atoms with E-state index in [1.807, 2.05) is 68.0 Å². The number of hydrogen-bond acceptors (Lipinski definition) is 3. The molecule has 2 aromatic carbocycles. The van der Waals surface area contributed by atoms with E-state index in [1.165, 1.54) is 12.1 Å². The van der Waals surface area contributed by atoms with E-state index in [0.29, 0.717) is 17.7 Å². The third-order valence-corrected chi connectivity index (χ3v) is 5.90. The molecule has 3 aromatic rings. The fraction of sp³-hybridized carbons (Fsp3) is 0.360. The Hall–Kier alpha value is -3.13. The second kappa shape index (κ2) is 8.67. The van der Waals surface area contributed by atoms with E-state index < -0.39 is 17.8 Å². The maximum atomic E-state index is 13.0. The molecule has 1 aliphatic rings. The van der Waals surface area contributed by atoms with E-state index in [9.17, 15) is 18.0 Å². The Labute approximate surface area is 191 Å². The van der Waals surface area contributed by atoms with Crippen LogP contribution in [-0.2, 0) is 16.5 Å². The molecule has 0 unspecified atom stereocenters. The van der Waals surface area contributed by atoms with Crippen LogP contribution < -0.4 is 10.6 Å². The van der Waals surface area contributed by atoms with Gasteiger partial charge in [0, 0.05) is 23.8 Å². The van der Waals surface area contributed by atoms with Gasteiger partial charge in [0.2, 0.25) is 5.91 Å². The second-order valence-electron chi connectivity index (χ2n) is 9.37. The molecule has 0 aliphatic carbocycles. The van der Waals surface area contributed by atoms with Crippen molar-refractivity contribution in [2.45, 2.75) is 56.9 Å². The highest BCUT2D eigenvalue weighted by Gasteiger charge is 2.41. The Morgan fingerprint density at radius 1 is 1.03 bits per heavy atom. The number of rotatable bonds is 4. The van der Waals surface area contributed by atoms with Gasteiger partial charge in [-0.2, -0.15) is 18.3 Å². The van der Waals surface area contributed by atoms with Gasteiger partial charge in [-0.05, 0) is 63.1 Å². The van der Waals surface area contributed by atoms with Crippen molar-refractivity contribution in [3.8, 4) is 0 Å². The Kier molecular flexibility index (Phi) is 6.05. The van der Waals surface area contributed by atoms with Crippen LogP contribution in [0.1, 0.15) is 56.0 Å². The van der Waals surface area contributed by atoms with E-state index in [2.05, 4.69) is 10.6 Å². The predicted octanol–water partition coefficient (Wildman–Crippen LogP) is 5.48. The van der Waals surface area contributed by atoms with Gasteiger partial charge in [-0.15, -0.1) is 0 Å². The Bertz CT molecular complexity index is 1100. The summed E-state index contributed by atoms with van der Waals surface area (Å²) in [6, 6.07) is 15.3. The van der Waals surface area contributed by atoms with E-state index >= 15 is 0 Å². The summed E-state index contributed by atoms with van der Waals surface area (Å²) in [5, 5.41) is 11.0. The van der Waals surface area contributed by atoms with Gasteiger partial charge in [0.15, 0.2) is 0 Å². The molecule has 0 spiro atoms. The fourth-order valence-corrected chi connectivity index (χ4v) is 4.13. The van der Waals surface area contributed by atoms with Crippen molar-refractivity contribution in [3.63, 3.8) is 0 Å². The number of halogens is 3. The molecule has 8 heteroatoms. The number of nitrogens with zero attached hydrogens (tertiary/aromatic N) is 2. The first-order chi connectivity index (χ1) is 15.5.